The maximum absolute atomic E-state index is 12.8. The van der Waals surface area contributed by atoms with Crippen molar-refractivity contribution < 1.29 is 9.21 Å². The Hall–Kier alpha value is -4.11. The maximum atomic E-state index is 12.8. The molecule has 2 aromatic carbocycles. The number of fused-ring (bicyclic) bond motifs is 1. The van der Waals surface area contributed by atoms with Crippen LogP contribution in [-0.2, 0) is 4.79 Å². The van der Waals surface area contributed by atoms with Gasteiger partial charge in [0.1, 0.15) is 22.9 Å². The van der Waals surface area contributed by atoms with E-state index in [1.54, 1.807) is 15.7 Å². The molecule has 0 aliphatic carbocycles. The highest BCUT2D eigenvalue weighted by atomic mass is 16.3. The van der Waals surface area contributed by atoms with Crippen molar-refractivity contribution in [2.24, 2.45) is 0 Å². The minimum Gasteiger partial charge on any atom is -0.454 e. The molecule has 1 aliphatic rings. The third-order valence-corrected chi connectivity index (χ3v) is 5.47. The second-order valence-electron chi connectivity index (χ2n) is 7.53. The quantitative estimate of drug-likeness (QED) is 0.359. The highest BCUT2D eigenvalue weighted by Crippen LogP contribution is 2.31. The number of hydrogen-bond donors (Lipinski definition) is 0. The van der Waals surface area contributed by atoms with Gasteiger partial charge in [-0.15, -0.1) is 0 Å². The third-order valence-electron chi connectivity index (χ3n) is 5.47. The lowest BCUT2D eigenvalue weighted by Crippen LogP contribution is -2.28. The van der Waals surface area contributed by atoms with Gasteiger partial charge in [0.25, 0.3) is 5.91 Å². The largest absolute Gasteiger partial charge is 0.454 e. The van der Waals surface area contributed by atoms with Crippen LogP contribution in [0.15, 0.2) is 76.9 Å². The summed E-state index contributed by atoms with van der Waals surface area (Å²) in [6.07, 6.45) is 5.39. The fraction of sp³-hybridized carbons (Fsp3) is 0.160. The lowest BCUT2D eigenvalue weighted by atomic mass is 10.1. The number of carbonyl (C=O) groups excluding carboxylic acids is 1. The first kappa shape index (κ1) is 18.9. The number of nitrogens with zero attached hydrogens (tertiary/aromatic N) is 4. The molecule has 3 heterocycles. The van der Waals surface area contributed by atoms with Crippen LogP contribution in [0, 0.1) is 11.3 Å². The van der Waals surface area contributed by atoms with E-state index in [9.17, 15) is 10.1 Å². The molecule has 2 aromatic heterocycles. The minimum absolute atomic E-state index is 0.104. The van der Waals surface area contributed by atoms with Crippen LogP contribution in [-0.4, -0.2) is 33.7 Å². The van der Waals surface area contributed by atoms with Crippen LogP contribution in [0.4, 0.5) is 0 Å². The molecule has 0 N–H and O–H groups in total. The fourth-order valence-electron chi connectivity index (χ4n) is 3.88. The van der Waals surface area contributed by atoms with Gasteiger partial charge < -0.3 is 9.32 Å². The average molecular weight is 408 g/mol. The zero-order chi connectivity index (χ0) is 21.2. The van der Waals surface area contributed by atoms with Gasteiger partial charge >= 0.3 is 0 Å². The Morgan fingerprint density at radius 1 is 1.06 bits per heavy atom. The lowest BCUT2D eigenvalue weighted by molar-refractivity contribution is -0.125. The lowest BCUT2D eigenvalue weighted by Gasteiger charge is -2.13. The molecule has 0 saturated carbocycles. The van der Waals surface area contributed by atoms with Crippen molar-refractivity contribution in [2.45, 2.75) is 12.8 Å². The first-order chi connectivity index (χ1) is 15.2. The smallest absolute Gasteiger partial charge is 0.264 e. The molecule has 0 radical (unpaired) electrons. The first-order valence-corrected chi connectivity index (χ1v) is 10.3. The van der Waals surface area contributed by atoms with Gasteiger partial charge in [0.05, 0.1) is 5.69 Å². The Morgan fingerprint density at radius 3 is 2.55 bits per heavy atom. The van der Waals surface area contributed by atoms with Crippen LogP contribution in [0.3, 0.4) is 0 Å². The fourth-order valence-corrected chi connectivity index (χ4v) is 3.88. The normalized spacial score (nSPS) is 14.2. The Morgan fingerprint density at radius 2 is 1.81 bits per heavy atom. The zero-order valence-electron chi connectivity index (χ0n) is 16.9. The van der Waals surface area contributed by atoms with Crippen LogP contribution in [0.1, 0.15) is 18.4 Å². The monoisotopic (exact) mass is 408 g/mol. The summed E-state index contributed by atoms with van der Waals surface area (Å²) in [7, 11) is 0. The van der Waals surface area contributed by atoms with E-state index in [1.807, 2.05) is 66.9 Å². The van der Waals surface area contributed by atoms with E-state index in [1.165, 1.54) is 0 Å². The molecular formula is C25H20N4O2. The zero-order valence-corrected chi connectivity index (χ0v) is 16.9. The molecule has 4 aromatic rings. The Bertz CT molecular complexity index is 1290. The van der Waals surface area contributed by atoms with E-state index in [-0.39, 0.29) is 11.5 Å². The van der Waals surface area contributed by atoms with Gasteiger partial charge in [-0.3, -0.25) is 4.79 Å². The highest BCUT2D eigenvalue weighted by Gasteiger charge is 2.23. The first-order valence-electron chi connectivity index (χ1n) is 10.3. The van der Waals surface area contributed by atoms with Gasteiger partial charge in [0.2, 0.25) is 0 Å². The standard InChI is InChI=1S/C25H20N4O2/c26-16-19(25(30)28-12-6-7-13-28)14-20-17-29(21-9-2-1-3-10-21)27-24(20)23-15-18-8-4-5-11-22(18)31-23/h1-5,8-11,14-15,17H,6-7,12-13H2/b19-14+. The van der Waals surface area contributed by atoms with Crippen LogP contribution < -0.4 is 0 Å². The number of hydrogen-bond acceptors (Lipinski definition) is 4. The van der Waals surface area contributed by atoms with Gasteiger partial charge in [-0.2, -0.15) is 10.4 Å². The molecule has 0 spiro atoms. The van der Waals surface area contributed by atoms with Gasteiger partial charge in [0, 0.05) is 30.2 Å². The second kappa shape index (κ2) is 7.96. The van der Waals surface area contributed by atoms with E-state index < -0.39 is 0 Å². The van der Waals surface area contributed by atoms with E-state index in [2.05, 4.69) is 6.07 Å². The molecule has 1 aliphatic heterocycles. The van der Waals surface area contributed by atoms with Gasteiger partial charge in [-0.25, -0.2) is 4.68 Å². The summed E-state index contributed by atoms with van der Waals surface area (Å²) in [4.78, 5) is 14.6. The molecule has 152 valence electrons. The Labute approximate surface area is 179 Å². The summed E-state index contributed by atoms with van der Waals surface area (Å²) in [5.41, 5.74) is 2.99. The van der Waals surface area contributed by atoms with Crippen LogP contribution in [0.2, 0.25) is 0 Å². The van der Waals surface area contributed by atoms with E-state index >= 15 is 0 Å². The number of rotatable bonds is 4. The van der Waals surface area contributed by atoms with Gasteiger partial charge in [0.15, 0.2) is 5.76 Å². The van der Waals surface area contributed by atoms with Crippen LogP contribution in [0.25, 0.3) is 34.2 Å². The molecule has 1 saturated heterocycles. The molecule has 0 bridgehead atoms. The topological polar surface area (TPSA) is 75.1 Å². The number of aromatic nitrogens is 2. The summed E-state index contributed by atoms with van der Waals surface area (Å²) in [5.74, 6) is 0.357. The molecular weight excluding hydrogens is 388 g/mol. The molecule has 1 fully saturated rings. The Kier molecular flexibility index (Phi) is 4.85. The average Bonchev–Trinajstić information content (AvgIpc) is 3.56. The summed E-state index contributed by atoms with van der Waals surface area (Å²) >= 11 is 0. The predicted octanol–water partition coefficient (Wildman–Crippen LogP) is 4.81. The number of para-hydroxylation sites is 2. The minimum atomic E-state index is -0.233. The SMILES string of the molecule is N#C/C(=C\c1cn(-c2ccccc2)nc1-c1cc2ccccc2o1)C(=O)N1CCCC1. The maximum Gasteiger partial charge on any atom is 0.264 e. The van der Waals surface area contributed by atoms with Gasteiger partial charge in [-0.1, -0.05) is 36.4 Å². The molecule has 31 heavy (non-hydrogen) atoms. The number of likely N-dealkylation sites (tertiary alicyclic amines) is 1. The summed E-state index contributed by atoms with van der Waals surface area (Å²) in [6.45, 7) is 1.38. The predicted molar refractivity (Wildman–Crippen MR) is 118 cm³/mol. The molecule has 6 nitrogen and oxygen atoms in total. The van der Waals surface area contributed by atoms with Crippen molar-refractivity contribution in [2.75, 3.05) is 13.1 Å². The number of benzene rings is 2. The van der Waals surface area contributed by atoms with E-state index in [0.717, 1.165) is 29.5 Å². The van der Waals surface area contributed by atoms with Crippen molar-refractivity contribution in [3.8, 4) is 23.2 Å². The summed E-state index contributed by atoms with van der Waals surface area (Å²) in [5, 5.41) is 15.4. The molecule has 1 amide bonds. The number of nitriles is 1. The van der Waals surface area contributed by atoms with Gasteiger partial charge in [-0.05, 0) is 43.2 Å². The van der Waals surface area contributed by atoms with Crippen molar-refractivity contribution >= 4 is 23.0 Å². The van der Waals surface area contributed by atoms with Crippen molar-refractivity contribution in [3.05, 3.63) is 78.0 Å². The molecule has 5 rings (SSSR count). The molecule has 0 unspecified atom stereocenters. The van der Waals surface area contributed by atoms with Crippen molar-refractivity contribution in [3.63, 3.8) is 0 Å². The van der Waals surface area contributed by atoms with Crippen molar-refractivity contribution in [1.82, 2.24) is 14.7 Å². The Balaban J connectivity index is 1.63. The number of furan rings is 1. The summed E-state index contributed by atoms with van der Waals surface area (Å²) < 4.78 is 7.78. The van der Waals surface area contributed by atoms with Crippen LogP contribution >= 0.6 is 0 Å². The van der Waals surface area contributed by atoms with E-state index in [4.69, 9.17) is 9.52 Å². The van der Waals surface area contributed by atoms with E-state index in [0.29, 0.717) is 30.1 Å². The van der Waals surface area contributed by atoms with Crippen LogP contribution in [0.5, 0.6) is 0 Å². The number of amides is 1. The van der Waals surface area contributed by atoms with Crippen molar-refractivity contribution in [1.29, 1.82) is 5.26 Å². The molecule has 6 heteroatoms. The number of carbonyl (C=O) groups is 1. The highest BCUT2D eigenvalue weighted by molar-refractivity contribution is 6.02. The third kappa shape index (κ3) is 3.62. The second-order valence-corrected chi connectivity index (χ2v) is 7.53. The summed E-state index contributed by atoms with van der Waals surface area (Å²) in [6, 6.07) is 21.5. The molecule has 0 atom stereocenters.